The average molecular weight is 704 g/mol. The highest BCUT2D eigenvalue weighted by Crippen LogP contribution is 2.41. The standard InChI is InChI=1S/C39H45NO11/c1-7-11-29(27-22-34(47-4)37(49-6)35(23-27)48-5)38(43)40-19-9-8-14-30(40)39(44)51-31(26-12-10-13-28(21-26)50-24-36(41)42)17-15-25-16-18-32(45-2)33(20-25)46-3/h7-10,12-13,16,18,20-23,29-31H,1,11,14-15,17,19,24H2,2-6H3,(H,41,42)/t29-,30-,31+/m0/s1. The van der Waals surface area contributed by atoms with Crippen LogP contribution in [0.1, 0.15) is 48.0 Å². The molecule has 3 aromatic carbocycles. The van der Waals surface area contributed by atoms with Crippen LogP contribution in [-0.2, 0) is 25.5 Å². The fraction of sp³-hybridized carbons (Fsp3) is 0.359. The summed E-state index contributed by atoms with van der Waals surface area (Å²) in [7, 11) is 7.63. The van der Waals surface area contributed by atoms with Crippen molar-refractivity contribution in [3.05, 3.63) is 96.1 Å². The number of hydrogen-bond donors (Lipinski definition) is 1. The number of benzene rings is 3. The van der Waals surface area contributed by atoms with Crippen LogP contribution in [0.25, 0.3) is 0 Å². The molecular weight excluding hydrogens is 658 g/mol. The van der Waals surface area contributed by atoms with E-state index >= 15 is 0 Å². The van der Waals surface area contributed by atoms with Crippen molar-refractivity contribution in [2.45, 2.75) is 43.7 Å². The Morgan fingerprint density at radius 3 is 2.20 bits per heavy atom. The highest BCUT2D eigenvalue weighted by molar-refractivity contribution is 5.90. The van der Waals surface area contributed by atoms with Gasteiger partial charge in [0.2, 0.25) is 11.7 Å². The van der Waals surface area contributed by atoms with E-state index in [1.165, 1.54) is 26.2 Å². The molecule has 0 aromatic heterocycles. The number of allylic oxidation sites excluding steroid dienone is 1. The first-order chi connectivity index (χ1) is 24.7. The van der Waals surface area contributed by atoms with E-state index in [1.807, 2.05) is 24.3 Å². The van der Waals surface area contributed by atoms with Crippen molar-refractivity contribution >= 4 is 17.8 Å². The Morgan fingerprint density at radius 1 is 0.863 bits per heavy atom. The summed E-state index contributed by atoms with van der Waals surface area (Å²) in [5.74, 6) is -0.0312. The number of ether oxygens (including phenoxy) is 7. The molecule has 4 rings (SSSR count). The van der Waals surface area contributed by atoms with Crippen LogP contribution in [-0.4, -0.2) is 82.6 Å². The monoisotopic (exact) mass is 703 g/mol. The Balaban J connectivity index is 1.64. The molecule has 51 heavy (non-hydrogen) atoms. The summed E-state index contributed by atoms with van der Waals surface area (Å²) in [6.07, 6.45) is 6.00. The smallest absolute Gasteiger partial charge is 0.341 e. The van der Waals surface area contributed by atoms with Gasteiger partial charge in [-0.1, -0.05) is 36.4 Å². The second-order valence-corrected chi connectivity index (χ2v) is 11.7. The predicted octanol–water partition coefficient (Wildman–Crippen LogP) is 5.93. The van der Waals surface area contributed by atoms with Crippen LogP contribution in [0.4, 0.5) is 0 Å². The zero-order valence-electron chi connectivity index (χ0n) is 29.6. The lowest BCUT2D eigenvalue weighted by Gasteiger charge is -2.35. The first kappa shape index (κ1) is 38.2. The van der Waals surface area contributed by atoms with Gasteiger partial charge in [-0.05, 0) is 78.8 Å². The third kappa shape index (κ3) is 9.53. The van der Waals surface area contributed by atoms with Gasteiger partial charge in [-0.3, -0.25) is 4.79 Å². The molecule has 3 aromatic rings. The third-order valence-electron chi connectivity index (χ3n) is 8.54. The van der Waals surface area contributed by atoms with Crippen molar-refractivity contribution in [1.29, 1.82) is 0 Å². The van der Waals surface area contributed by atoms with Gasteiger partial charge in [-0.15, -0.1) is 6.58 Å². The highest BCUT2D eigenvalue weighted by atomic mass is 16.5. The minimum absolute atomic E-state index is 0.200. The molecule has 12 nitrogen and oxygen atoms in total. The minimum Gasteiger partial charge on any atom is -0.493 e. The van der Waals surface area contributed by atoms with Gasteiger partial charge < -0.3 is 43.2 Å². The van der Waals surface area contributed by atoms with E-state index in [0.29, 0.717) is 58.5 Å². The van der Waals surface area contributed by atoms with Crippen LogP contribution in [0, 0.1) is 0 Å². The molecule has 0 fully saturated rings. The molecule has 0 saturated carbocycles. The fourth-order valence-electron chi connectivity index (χ4n) is 5.98. The molecule has 1 N–H and O–H groups in total. The van der Waals surface area contributed by atoms with Gasteiger partial charge in [0.05, 0.1) is 41.5 Å². The minimum atomic E-state index is -1.12. The number of amides is 1. The van der Waals surface area contributed by atoms with Crippen molar-refractivity contribution in [2.75, 3.05) is 48.7 Å². The number of aliphatic carboxylic acids is 1. The Hall–Kier alpha value is -5.65. The number of carboxylic acids is 1. The molecule has 12 heteroatoms. The number of hydrogen-bond acceptors (Lipinski definition) is 10. The molecule has 0 saturated heterocycles. The van der Waals surface area contributed by atoms with E-state index in [1.54, 1.807) is 62.8 Å². The lowest BCUT2D eigenvalue weighted by atomic mass is 9.92. The summed E-state index contributed by atoms with van der Waals surface area (Å²) in [5, 5.41) is 9.12. The lowest BCUT2D eigenvalue weighted by Crippen LogP contribution is -2.49. The van der Waals surface area contributed by atoms with Gasteiger partial charge in [-0.25, -0.2) is 9.59 Å². The van der Waals surface area contributed by atoms with E-state index in [4.69, 9.17) is 38.3 Å². The Labute approximate surface area is 298 Å². The summed E-state index contributed by atoms with van der Waals surface area (Å²) in [6, 6.07) is 14.9. The topological polar surface area (TPSA) is 139 Å². The maximum absolute atomic E-state index is 14.3. The Kier molecular flexibility index (Phi) is 13.7. The van der Waals surface area contributed by atoms with Crippen LogP contribution >= 0.6 is 0 Å². The molecule has 272 valence electrons. The summed E-state index contributed by atoms with van der Waals surface area (Å²) in [6.45, 7) is 3.55. The third-order valence-corrected chi connectivity index (χ3v) is 8.54. The molecule has 0 unspecified atom stereocenters. The van der Waals surface area contributed by atoms with Crippen molar-refractivity contribution in [2.24, 2.45) is 0 Å². The van der Waals surface area contributed by atoms with Crippen LogP contribution in [0.3, 0.4) is 0 Å². The number of nitrogens with zero attached hydrogens (tertiary/aromatic N) is 1. The molecule has 0 bridgehead atoms. The van der Waals surface area contributed by atoms with E-state index in [9.17, 15) is 14.4 Å². The second-order valence-electron chi connectivity index (χ2n) is 11.7. The molecule has 0 aliphatic carbocycles. The quantitative estimate of drug-likeness (QED) is 0.125. The number of rotatable bonds is 18. The van der Waals surface area contributed by atoms with Crippen molar-refractivity contribution < 1.29 is 52.6 Å². The summed E-state index contributed by atoms with van der Waals surface area (Å²) in [5.41, 5.74) is 2.14. The van der Waals surface area contributed by atoms with Crippen molar-refractivity contribution in [1.82, 2.24) is 4.90 Å². The summed E-state index contributed by atoms with van der Waals surface area (Å²) >= 11 is 0. The van der Waals surface area contributed by atoms with Crippen molar-refractivity contribution in [3.63, 3.8) is 0 Å². The number of esters is 1. The van der Waals surface area contributed by atoms with Crippen LogP contribution in [0.2, 0.25) is 0 Å². The van der Waals surface area contributed by atoms with Crippen molar-refractivity contribution in [3.8, 4) is 34.5 Å². The summed E-state index contributed by atoms with van der Waals surface area (Å²) in [4.78, 5) is 41.1. The molecule has 1 heterocycles. The Morgan fingerprint density at radius 2 is 1.57 bits per heavy atom. The number of carbonyl (C=O) groups excluding carboxylic acids is 2. The number of carboxylic acid groups (broad SMARTS) is 1. The highest BCUT2D eigenvalue weighted by Gasteiger charge is 2.37. The predicted molar refractivity (Wildman–Crippen MR) is 189 cm³/mol. The molecular formula is C39H45NO11. The fourth-order valence-corrected chi connectivity index (χ4v) is 5.98. The van der Waals surface area contributed by atoms with Crippen LogP contribution < -0.4 is 28.4 Å². The number of methoxy groups -OCH3 is 5. The number of aryl methyl sites for hydroxylation is 1. The zero-order chi connectivity index (χ0) is 36.9. The van der Waals surface area contributed by atoms with E-state index in [-0.39, 0.29) is 25.3 Å². The van der Waals surface area contributed by atoms with Crippen LogP contribution in [0.15, 0.2) is 79.4 Å². The summed E-state index contributed by atoms with van der Waals surface area (Å²) < 4.78 is 39.0. The van der Waals surface area contributed by atoms with Gasteiger partial charge in [0.25, 0.3) is 0 Å². The average Bonchev–Trinajstić information content (AvgIpc) is 3.16. The molecule has 3 atom stereocenters. The normalized spacial score (nSPS) is 14.8. The van der Waals surface area contributed by atoms with E-state index in [2.05, 4.69) is 6.58 Å². The van der Waals surface area contributed by atoms with E-state index < -0.39 is 36.6 Å². The maximum Gasteiger partial charge on any atom is 0.341 e. The molecule has 1 aliphatic rings. The molecule has 0 spiro atoms. The van der Waals surface area contributed by atoms with Crippen LogP contribution in [0.5, 0.6) is 34.5 Å². The van der Waals surface area contributed by atoms with E-state index in [0.717, 1.165) is 5.56 Å². The maximum atomic E-state index is 14.3. The first-order valence-corrected chi connectivity index (χ1v) is 16.4. The SMILES string of the molecule is C=CC[C@H](C(=O)N1CC=CC[C@H]1C(=O)O[C@H](CCc1ccc(OC)c(OC)c1)c1cccc(OCC(=O)O)c1)c1cc(OC)c(OC)c(OC)c1. The molecule has 0 radical (unpaired) electrons. The van der Waals surface area contributed by atoms with Gasteiger partial charge in [0.15, 0.2) is 29.6 Å². The van der Waals surface area contributed by atoms with Gasteiger partial charge in [0, 0.05) is 6.54 Å². The molecule has 1 amide bonds. The van der Waals surface area contributed by atoms with Gasteiger partial charge in [0.1, 0.15) is 17.9 Å². The second kappa shape index (κ2) is 18.4. The van der Waals surface area contributed by atoms with Gasteiger partial charge >= 0.3 is 11.9 Å². The first-order valence-electron chi connectivity index (χ1n) is 16.4. The lowest BCUT2D eigenvalue weighted by molar-refractivity contribution is -0.160. The van der Waals surface area contributed by atoms with Gasteiger partial charge in [-0.2, -0.15) is 0 Å². The largest absolute Gasteiger partial charge is 0.493 e. The Bertz CT molecular complexity index is 1690. The molecule has 1 aliphatic heterocycles. The zero-order valence-corrected chi connectivity index (χ0v) is 29.6. The number of carbonyl (C=O) groups is 3.